The number of benzene rings is 1. The van der Waals surface area contributed by atoms with Crippen molar-refractivity contribution < 1.29 is 4.42 Å². The largest absolute Gasteiger partial charge is 0.461 e. The summed E-state index contributed by atoms with van der Waals surface area (Å²) in [6.45, 7) is 8.80. The van der Waals surface area contributed by atoms with Crippen molar-refractivity contribution in [2.75, 3.05) is 7.05 Å². The highest BCUT2D eigenvalue weighted by Gasteiger charge is 2.26. The van der Waals surface area contributed by atoms with Crippen molar-refractivity contribution in [3.8, 4) is 0 Å². The van der Waals surface area contributed by atoms with Crippen LogP contribution in [0.25, 0.3) is 11.0 Å². The van der Waals surface area contributed by atoms with Gasteiger partial charge in [0.15, 0.2) is 0 Å². The molecule has 2 aromatic rings. The lowest BCUT2D eigenvalue weighted by Gasteiger charge is -2.25. The van der Waals surface area contributed by atoms with Crippen LogP contribution >= 0.6 is 0 Å². The summed E-state index contributed by atoms with van der Waals surface area (Å²) < 4.78 is 6.01. The Bertz CT molecular complexity index is 539. The fraction of sp³-hybridized carbons (Fsp3) is 0.500. The Labute approximate surface area is 109 Å². The van der Waals surface area contributed by atoms with Gasteiger partial charge in [-0.15, -0.1) is 0 Å². The van der Waals surface area contributed by atoms with Crippen molar-refractivity contribution in [1.29, 1.82) is 0 Å². The third-order valence-electron chi connectivity index (χ3n) is 3.65. The van der Waals surface area contributed by atoms with E-state index in [1.54, 1.807) is 0 Å². The van der Waals surface area contributed by atoms with Crippen LogP contribution in [0, 0.1) is 6.92 Å². The number of nitrogens with one attached hydrogen (secondary N) is 1. The van der Waals surface area contributed by atoms with Gasteiger partial charge in [-0.05, 0) is 45.5 Å². The number of rotatable bonds is 4. The van der Waals surface area contributed by atoms with Crippen LogP contribution in [-0.4, -0.2) is 13.1 Å². The smallest absolute Gasteiger partial charge is 0.134 e. The zero-order valence-corrected chi connectivity index (χ0v) is 12.0. The van der Waals surface area contributed by atoms with Gasteiger partial charge in [0.2, 0.25) is 0 Å². The number of furan rings is 1. The van der Waals surface area contributed by atoms with Gasteiger partial charge in [0.05, 0.1) is 0 Å². The van der Waals surface area contributed by atoms with E-state index >= 15 is 0 Å². The number of fused-ring (bicyclic) bond motifs is 1. The van der Waals surface area contributed by atoms with Crippen LogP contribution in [0.15, 0.2) is 28.7 Å². The quantitative estimate of drug-likeness (QED) is 0.880. The molecule has 1 atom stereocenters. The first kappa shape index (κ1) is 13.2. The Hall–Kier alpha value is -1.28. The van der Waals surface area contributed by atoms with E-state index in [2.05, 4.69) is 57.3 Å². The molecule has 0 spiro atoms. The molecule has 0 saturated heterocycles. The van der Waals surface area contributed by atoms with Crippen LogP contribution in [0.4, 0.5) is 0 Å². The average Bonchev–Trinajstić information content (AvgIpc) is 2.71. The minimum absolute atomic E-state index is 0.0509. The van der Waals surface area contributed by atoms with E-state index < -0.39 is 0 Å². The molecule has 0 saturated carbocycles. The summed E-state index contributed by atoms with van der Waals surface area (Å²) in [5.41, 5.74) is 2.31. The summed E-state index contributed by atoms with van der Waals surface area (Å²) in [6, 6.07) is 9.00. The monoisotopic (exact) mass is 245 g/mol. The van der Waals surface area contributed by atoms with Gasteiger partial charge >= 0.3 is 0 Å². The zero-order valence-electron chi connectivity index (χ0n) is 12.0. The van der Waals surface area contributed by atoms with Crippen molar-refractivity contribution >= 4 is 11.0 Å². The van der Waals surface area contributed by atoms with Crippen molar-refractivity contribution in [3.63, 3.8) is 0 Å². The summed E-state index contributed by atoms with van der Waals surface area (Å²) >= 11 is 0. The predicted molar refractivity (Wildman–Crippen MR) is 77.1 cm³/mol. The number of hydrogen-bond acceptors (Lipinski definition) is 2. The van der Waals surface area contributed by atoms with Crippen LogP contribution in [0.5, 0.6) is 0 Å². The van der Waals surface area contributed by atoms with Gasteiger partial charge in [-0.2, -0.15) is 0 Å². The van der Waals surface area contributed by atoms with Gasteiger partial charge in [0, 0.05) is 16.8 Å². The molecule has 98 valence electrons. The molecule has 2 heteroatoms. The Morgan fingerprint density at radius 2 is 2.00 bits per heavy atom. The van der Waals surface area contributed by atoms with E-state index in [4.69, 9.17) is 4.42 Å². The first-order valence-corrected chi connectivity index (χ1v) is 6.60. The molecule has 1 heterocycles. The highest BCUT2D eigenvalue weighted by molar-refractivity contribution is 5.78. The van der Waals surface area contributed by atoms with Crippen molar-refractivity contribution in [2.24, 2.45) is 0 Å². The molecule has 18 heavy (non-hydrogen) atoms. The van der Waals surface area contributed by atoms with Gasteiger partial charge in [0.25, 0.3) is 0 Å². The fourth-order valence-electron chi connectivity index (χ4n) is 2.46. The fourth-order valence-corrected chi connectivity index (χ4v) is 2.46. The normalized spacial score (nSPS) is 14.1. The van der Waals surface area contributed by atoms with Crippen molar-refractivity contribution in [2.45, 2.75) is 45.6 Å². The van der Waals surface area contributed by atoms with Gasteiger partial charge in [-0.1, -0.05) is 25.5 Å². The lowest BCUT2D eigenvalue weighted by Crippen LogP contribution is -2.30. The van der Waals surface area contributed by atoms with Crippen molar-refractivity contribution in [1.82, 2.24) is 5.32 Å². The molecule has 1 unspecified atom stereocenters. The molecule has 1 aromatic carbocycles. The van der Waals surface area contributed by atoms with E-state index in [1.165, 1.54) is 10.9 Å². The van der Waals surface area contributed by atoms with E-state index in [0.717, 1.165) is 17.8 Å². The SMILES string of the molecule is CNC(C)CC(C)(C)c1cc2cc(C)ccc2o1. The molecule has 0 aliphatic heterocycles. The van der Waals surface area contributed by atoms with Crippen LogP contribution < -0.4 is 5.32 Å². The van der Waals surface area contributed by atoms with Gasteiger partial charge in [0.1, 0.15) is 11.3 Å². The minimum atomic E-state index is 0.0509. The molecule has 0 bridgehead atoms. The summed E-state index contributed by atoms with van der Waals surface area (Å²) in [6.07, 6.45) is 1.06. The molecule has 1 N–H and O–H groups in total. The Balaban J connectivity index is 2.35. The minimum Gasteiger partial charge on any atom is -0.461 e. The topological polar surface area (TPSA) is 25.2 Å². The lowest BCUT2D eigenvalue weighted by molar-refractivity contribution is 0.341. The lowest BCUT2D eigenvalue weighted by atomic mass is 9.83. The van der Waals surface area contributed by atoms with Crippen LogP contribution in [-0.2, 0) is 5.41 Å². The van der Waals surface area contributed by atoms with E-state index in [9.17, 15) is 0 Å². The van der Waals surface area contributed by atoms with Crippen LogP contribution in [0.1, 0.15) is 38.5 Å². The van der Waals surface area contributed by atoms with E-state index in [-0.39, 0.29) is 5.41 Å². The summed E-state index contributed by atoms with van der Waals surface area (Å²) in [7, 11) is 2.00. The summed E-state index contributed by atoms with van der Waals surface area (Å²) in [4.78, 5) is 0. The second-order valence-corrected chi connectivity index (χ2v) is 5.93. The van der Waals surface area contributed by atoms with Crippen molar-refractivity contribution in [3.05, 3.63) is 35.6 Å². The predicted octanol–water partition coefficient (Wildman–Crippen LogP) is 4.02. The maximum Gasteiger partial charge on any atom is 0.134 e. The highest BCUT2D eigenvalue weighted by Crippen LogP contribution is 2.33. The standard InChI is InChI=1S/C16H23NO/c1-11-6-7-14-13(8-11)9-15(18-14)16(3,4)10-12(2)17-5/h6-9,12,17H,10H2,1-5H3. The number of hydrogen-bond donors (Lipinski definition) is 1. The first-order valence-electron chi connectivity index (χ1n) is 6.60. The molecule has 1 aromatic heterocycles. The third-order valence-corrected chi connectivity index (χ3v) is 3.65. The third kappa shape index (κ3) is 2.59. The summed E-state index contributed by atoms with van der Waals surface area (Å²) in [5.74, 6) is 1.07. The Kier molecular flexibility index (Phi) is 3.49. The summed E-state index contributed by atoms with van der Waals surface area (Å²) in [5, 5.41) is 4.50. The van der Waals surface area contributed by atoms with Crippen LogP contribution in [0.2, 0.25) is 0 Å². The van der Waals surface area contributed by atoms with Crippen LogP contribution in [0.3, 0.4) is 0 Å². The molecule has 0 aliphatic rings. The highest BCUT2D eigenvalue weighted by atomic mass is 16.3. The van der Waals surface area contributed by atoms with Gasteiger partial charge in [-0.3, -0.25) is 0 Å². The zero-order chi connectivity index (χ0) is 13.3. The molecule has 0 aliphatic carbocycles. The molecule has 2 rings (SSSR count). The van der Waals surface area contributed by atoms with E-state index in [1.807, 2.05) is 7.05 Å². The van der Waals surface area contributed by atoms with Gasteiger partial charge in [-0.25, -0.2) is 0 Å². The molecular formula is C16H23NO. The molecule has 0 amide bonds. The molecule has 0 radical (unpaired) electrons. The second kappa shape index (κ2) is 4.77. The Morgan fingerprint density at radius 1 is 1.28 bits per heavy atom. The number of aryl methyl sites for hydroxylation is 1. The maximum atomic E-state index is 6.01. The maximum absolute atomic E-state index is 6.01. The average molecular weight is 245 g/mol. The molecule has 2 nitrogen and oxygen atoms in total. The molecular weight excluding hydrogens is 222 g/mol. The second-order valence-electron chi connectivity index (χ2n) is 5.93. The Morgan fingerprint density at radius 3 is 2.67 bits per heavy atom. The van der Waals surface area contributed by atoms with E-state index in [0.29, 0.717) is 6.04 Å². The molecule has 0 fully saturated rings. The van der Waals surface area contributed by atoms with Gasteiger partial charge < -0.3 is 9.73 Å². The first-order chi connectivity index (χ1) is 8.42.